The van der Waals surface area contributed by atoms with Crippen molar-refractivity contribution in [2.24, 2.45) is 5.84 Å². The van der Waals surface area contributed by atoms with Crippen molar-refractivity contribution in [3.8, 4) is 0 Å². The Bertz CT molecular complexity index is 492. The second kappa shape index (κ2) is 6.45. The number of rotatable bonds is 5. The van der Waals surface area contributed by atoms with E-state index in [-0.39, 0.29) is 11.9 Å². The first-order chi connectivity index (χ1) is 9.17. The molecule has 3 heteroatoms. The average molecular weight is 258 g/mol. The number of nitrogens with two attached hydrogens (primary N) is 1. The largest absolute Gasteiger partial charge is 0.271 e. The van der Waals surface area contributed by atoms with Crippen LogP contribution in [0, 0.1) is 12.7 Å². The molecule has 1 unspecified atom stereocenters. The summed E-state index contributed by atoms with van der Waals surface area (Å²) in [4.78, 5) is 0. The molecule has 1 atom stereocenters. The number of nitrogens with one attached hydrogen (secondary N) is 1. The predicted octanol–water partition coefficient (Wildman–Crippen LogP) is 2.75. The Morgan fingerprint density at radius 2 is 1.68 bits per heavy atom. The van der Waals surface area contributed by atoms with Gasteiger partial charge in [-0.2, -0.15) is 0 Å². The summed E-state index contributed by atoms with van der Waals surface area (Å²) in [5.74, 6) is 5.40. The molecule has 0 fully saturated rings. The minimum atomic E-state index is -0.205. The topological polar surface area (TPSA) is 38.0 Å². The Balaban J connectivity index is 2.04. The van der Waals surface area contributed by atoms with Crippen LogP contribution in [0.3, 0.4) is 0 Å². The fourth-order valence-corrected chi connectivity index (χ4v) is 2.26. The van der Waals surface area contributed by atoms with Crippen LogP contribution in [0.2, 0.25) is 0 Å². The second-order valence-corrected chi connectivity index (χ2v) is 4.89. The Morgan fingerprint density at radius 3 is 2.26 bits per heavy atom. The van der Waals surface area contributed by atoms with Crippen molar-refractivity contribution in [3.05, 3.63) is 71.0 Å². The zero-order chi connectivity index (χ0) is 13.7. The molecule has 0 radical (unpaired) electrons. The lowest BCUT2D eigenvalue weighted by molar-refractivity contribution is 0.520. The molecule has 2 nitrogen and oxygen atoms in total. The van der Waals surface area contributed by atoms with E-state index in [2.05, 4.69) is 30.5 Å². The first kappa shape index (κ1) is 13.7. The van der Waals surface area contributed by atoms with Crippen LogP contribution in [0.15, 0.2) is 48.5 Å². The monoisotopic (exact) mass is 258 g/mol. The minimum absolute atomic E-state index is 0.101. The first-order valence-corrected chi connectivity index (χ1v) is 6.43. The van der Waals surface area contributed by atoms with Crippen LogP contribution in [0.1, 0.15) is 16.7 Å². The molecule has 0 amide bonds. The van der Waals surface area contributed by atoms with E-state index in [9.17, 15) is 4.39 Å². The molecule has 3 N–H and O–H groups in total. The summed E-state index contributed by atoms with van der Waals surface area (Å²) in [6.45, 7) is 2.07. The van der Waals surface area contributed by atoms with Gasteiger partial charge in [0.1, 0.15) is 5.82 Å². The van der Waals surface area contributed by atoms with Crippen molar-refractivity contribution >= 4 is 0 Å². The third-order valence-electron chi connectivity index (χ3n) is 3.17. The standard InChI is InChI=1S/C16H19FN2/c1-12-4-2-5-13(8-12)10-16(19-18)11-14-6-3-7-15(17)9-14/h2-9,16,19H,10-11,18H2,1H3. The van der Waals surface area contributed by atoms with Gasteiger partial charge in [0.2, 0.25) is 0 Å². The fourth-order valence-electron chi connectivity index (χ4n) is 2.26. The van der Waals surface area contributed by atoms with Crippen molar-refractivity contribution in [2.75, 3.05) is 0 Å². The van der Waals surface area contributed by atoms with Gasteiger partial charge in [0.15, 0.2) is 0 Å². The molecule has 100 valence electrons. The lowest BCUT2D eigenvalue weighted by atomic mass is 9.98. The molecule has 0 saturated carbocycles. The Labute approximate surface area is 113 Å². The van der Waals surface area contributed by atoms with Crippen LogP contribution in [0.25, 0.3) is 0 Å². The number of hydrogen-bond acceptors (Lipinski definition) is 2. The molecule has 0 saturated heterocycles. The highest BCUT2D eigenvalue weighted by molar-refractivity contribution is 5.24. The maximum atomic E-state index is 13.1. The second-order valence-electron chi connectivity index (χ2n) is 4.89. The summed E-state index contributed by atoms with van der Waals surface area (Å²) in [5, 5.41) is 0. The van der Waals surface area contributed by atoms with E-state index in [1.54, 1.807) is 12.1 Å². The van der Waals surface area contributed by atoms with Crippen molar-refractivity contribution in [1.82, 2.24) is 5.43 Å². The Kier molecular flexibility index (Phi) is 4.66. The molecule has 0 heterocycles. The van der Waals surface area contributed by atoms with E-state index in [4.69, 9.17) is 5.84 Å². The highest BCUT2D eigenvalue weighted by Crippen LogP contribution is 2.11. The van der Waals surface area contributed by atoms with Crippen molar-refractivity contribution in [2.45, 2.75) is 25.8 Å². The normalized spacial score (nSPS) is 12.4. The van der Waals surface area contributed by atoms with Gasteiger partial charge in [-0.05, 0) is 43.0 Å². The average Bonchev–Trinajstić information content (AvgIpc) is 2.38. The van der Waals surface area contributed by atoms with Crippen molar-refractivity contribution < 1.29 is 4.39 Å². The van der Waals surface area contributed by atoms with Crippen LogP contribution in [-0.4, -0.2) is 6.04 Å². The highest BCUT2D eigenvalue weighted by atomic mass is 19.1. The summed E-state index contributed by atoms with van der Waals surface area (Å²) in [6.07, 6.45) is 1.54. The van der Waals surface area contributed by atoms with Gasteiger partial charge >= 0.3 is 0 Å². The van der Waals surface area contributed by atoms with Gasteiger partial charge in [-0.25, -0.2) is 4.39 Å². The van der Waals surface area contributed by atoms with Crippen molar-refractivity contribution in [3.63, 3.8) is 0 Å². The third kappa shape index (κ3) is 4.16. The molecule has 2 rings (SSSR count). The molecule has 0 aliphatic carbocycles. The number of hydrogen-bond donors (Lipinski definition) is 2. The van der Waals surface area contributed by atoms with Gasteiger partial charge in [0.05, 0.1) is 0 Å². The summed E-state index contributed by atoms with van der Waals surface area (Å²) in [6, 6.07) is 15.1. The summed E-state index contributed by atoms with van der Waals surface area (Å²) < 4.78 is 13.1. The van der Waals surface area contributed by atoms with Gasteiger partial charge in [0.25, 0.3) is 0 Å². The predicted molar refractivity (Wildman–Crippen MR) is 76.1 cm³/mol. The van der Waals surface area contributed by atoms with E-state index in [0.29, 0.717) is 6.42 Å². The quantitative estimate of drug-likeness (QED) is 0.639. The van der Waals surface area contributed by atoms with E-state index < -0.39 is 0 Å². The molecule has 2 aromatic rings. The maximum absolute atomic E-state index is 13.1. The third-order valence-corrected chi connectivity index (χ3v) is 3.17. The summed E-state index contributed by atoms with van der Waals surface area (Å²) in [7, 11) is 0. The molecule has 0 aromatic heterocycles. The molecular weight excluding hydrogens is 239 g/mol. The highest BCUT2D eigenvalue weighted by Gasteiger charge is 2.09. The van der Waals surface area contributed by atoms with E-state index >= 15 is 0 Å². The van der Waals surface area contributed by atoms with E-state index in [1.165, 1.54) is 17.2 Å². The first-order valence-electron chi connectivity index (χ1n) is 6.43. The van der Waals surface area contributed by atoms with Crippen LogP contribution in [-0.2, 0) is 12.8 Å². The minimum Gasteiger partial charge on any atom is -0.271 e. The number of benzene rings is 2. The lowest BCUT2D eigenvalue weighted by Crippen LogP contribution is -2.38. The zero-order valence-electron chi connectivity index (χ0n) is 11.1. The van der Waals surface area contributed by atoms with E-state index in [0.717, 1.165) is 12.0 Å². The number of hydrazine groups is 1. The fraction of sp³-hybridized carbons (Fsp3) is 0.250. The molecule has 19 heavy (non-hydrogen) atoms. The van der Waals surface area contributed by atoms with E-state index in [1.807, 2.05) is 12.1 Å². The van der Waals surface area contributed by atoms with Crippen LogP contribution < -0.4 is 11.3 Å². The van der Waals surface area contributed by atoms with Crippen molar-refractivity contribution in [1.29, 1.82) is 0 Å². The van der Waals surface area contributed by atoms with Crippen LogP contribution in [0.5, 0.6) is 0 Å². The SMILES string of the molecule is Cc1cccc(CC(Cc2cccc(F)c2)NN)c1. The molecule has 0 bridgehead atoms. The number of aryl methyl sites for hydroxylation is 1. The summed E-state index contributed by atoms with van der Waals surface area (Å²) in [5.41, 5.74) is 6.24. The molecule has 2 aromatic carbocycles. The van der Waals surface area contributed by atoms with Gasteiger partial charge in [0, 0.05) is 6.04 Å². The molecular formula is C16H19FN2. The Morgan fingerprint density at radius 1 is 1.05 bits per heavy atom. The summed E-state index contributed by atoms with van der Waals surface area (Å²) >= 11 is 0. The number of halogens is 1. The van der Waals surface area contributed by atoms with Crippen LogP contribution >= 0.6 is 0 Å². The maximum Gasteiger partial charge on any atom is 0.123 e. The molecule has 0 spiro atoms. The van der Waals surface area contributed by atoms with Gasteiger partial charge in [-0.1, -0.05) is 42.0 Å². The van der Waals surface area contributed by atoms with Gasteiger partial charge < -0.3 is 0 Å². The van der Waals surface area contributed by atoms with Gasteiger partial charge in [-0.3, -0.25) is 11.3 Å². The lowest BCUT2D eigenvalue weighted by Gasteiger charge is -2.16. The smallest absolute Gasteiger partial charge is 0.123 e. The molecule has 0 aliphatic heterocycles. The zero-order valence-corrected chi connectivity index (χ0v) is 11.1. The molecule has 0 aliphatic rings. The Hall–Kier alpha value is -1.71. The van der Waals surface area contributed by atoms with Gasteiger partial charge in [-0.15, -0.1) is 0 Å². The van der Waals surface area contributed by atoms with Crippen LogP contribution in [0.4, 0.5) is 4.39 Å².